The Morgan fingerprint density at radius 3 is 2.33 bits per heavy atom. The van der Waals surface area contributed by atoms with Gasteiger partial charge in [-0.15, -0.1) is 11.3 Å². The molecule has 0 atom stereocenters. The van der Waals surface area contributed by atoms with Gasteiger partial charge in [0.2, 0.25) is 0 Å². The lowest BCUT2D eigenvalue weighted by Gasteiger charge is -2.32. The van der Waals surface area contributed by atoms with Crippen LogP contribution < -0.4 is 5.46 Å². The van der Waals surface area contributed by atoms with Crippen molar-refractivity contribution in [3.8, 4) is 0 Å². The van der Waals surface area contributed by atoms with E-state index in [1.54, 1.807) is 6.07 Å². The van der Waals surface area contributed by atoms with Crippen molar-refractivity contribution < 1.29 is 23.6 Å². The second-order valence-electron chi connectivity index (χ2n) is 6.01. The molecular formula is C14H19BO5S. The van der Waals surface area contributed by atoms with Crippen LogP contribution in [0.4, 0.5) is 0 Å². The summed E-state index contributed by atoms with van der Waals surface area (Å²) in [5, 5.41) is 1.83. The fraction of sp³-hybridized carbons (Fsp3) is 0.571. The van der Waals surface area contributed by atoms with E-state index in [0.717, 1.165) is 5.46 Å². The zero-order valence-corrected chi connectivity index (χ0v) is 13.7. The van der Waals surface area contributed by atoms with Crippen molar-refractivity contribution in [3.05, 3.63) is 16.3 Å². The molecule has 2 rings (SSSR count). The molecule has 0 aliphatic carbocycles. The number of carbonyl (C=O) groups is 2. The maximum absolute atomic E-state index is 11.9. The molecule has 0 spiro atoms. The monoisotopic (exact) mass is 310 g/mol. The molecule has 0 saturated carbocycles. The predicted octanol–water partition coefficient (Wildman–Crippen LogP) is 1.79. The fourth-order valence-electron chi connectivity index (χ4n) is 1.89. The van der Waals surface area contributed by atoms with Crippen LogP contribution in [0, 0.1) is 0 Å². The fourth-order valence-corrected chi connectivity index (χ4v) is 2.74. The average Bonchev–Trinajstić information content (AvgIpc) is 2.93. The number of carbonyl (C=O) groups excluding carboxylic acids is 2. The lowest BCUT2D eigenvalue weighted by atomic mass is 9.81. The Labute approximate surface area is 128 Å². The minimum absolute atomic E-state index is 0.250. The molecule has 1 aromatic heterocycles. The number of Topliss-reactive ketones (excluding diaryl/α,β-unsaturated/α-hetero) is 1. The standard InChI is InChI=1S/C14H19BO5S/c1-13(2)14(3,4)20-15(19-13)9-6-11(21-8-9)10(16)7-12(17)18-5/h6,8H,7H2,1-5H3. The van der Waals surface area contributed by atoms with Crippen LogP contribution in [0.5, 0.6) is 0 Å². The second kappa shape index (κ2) is 5.55. The number of ketones is 1. The first kappa shape index (κ1) is 16.2. The van der Waals surface area contributed by atoms with Crippen LogP contribution in [0.15, 0.2) is 11.4 Å². The van der Waals surface area contributed by atoms with Gasteiger partial charge >= 0.3 is 13.1 Å². The summed E-state index contributed by atoms with van der Waals surface area (Å²) in [6, 6.07) is 1.72. The third-order valence-electron chi connectivity index (χ3n) is 3.95. The molecule has 0 bridgehead atoms. The summed E-state index contributed by atoms with van der Waals surface area (Å²) in [5.41, 5.74) is -0.0437. The molecule has 21 heavy (non-hydrogen) atoms. The van der Waals surface area contributed by atoms with E-state index in [9.17, 15) is 9.59 Å². The molecule has 0 N–H and O–H groups in total. The van der Waals surface area contributed by atoms with Crippen LogP contribution in [0.3, 0.4) is 0 Å². The lowest BCUT2D eigenvalue weighted by molar-refractivity contribution is -0.139. The van der Waals surface area contributed by atoms with Gasteiger partial charge in [0, 0.05) is 0 Å². The van der Waals surface area contributed by atoms with E-state index in [0.29, 0.717) is 4.88 Å². The molecule has 1 aliphatic rings. The minimum atomic E-state index is -0.536. The summed E-state index contributed by atoms with van der Waals surface area (Å²) in [4.78, 5) is 23.6. The molecule has 0 unspecified atom stereocenters. The molecule has 1 aliphatic heterocycles. The highest BCUT2D eigenvalue weighted by atomic mass is 32.1. The molecule has 1 aromatic rings. The second-order valence-corrected chi connectivity index (χ2v) is 6.92. The molecule has 1 saturated heterocycles. The number of methoxy groups -OCH3 is 1. The van der Waals surface area contributed by atoms with Crippen LogP contribution in [0.1, 0.15) is 43.8 Å². The summed E-state index contributed by atoms with van der Waals surface area (Å²) in [6.45, 7) is 7.90. The molecule has 1 fully saturated rings. The van der Waals surface area contributed by atoms with E-state index in [2.05, 4.69) is 4.74 Å². The van der Waals surface area contributed by atoms with E-state index in [-0.39, 0.29) is 12.2 Å². The van der Waals surface area contributed by atoms with Crippen molar-refractivity contribution in [1.29, 1.82) is 0 Å². The van der Waals surface area contributed by atoms with E-state index in [1.807, 2.05) is 33.1 Å². The molecule has 114 valence electrons. The highest BCUT2D eigenvalue weighted by Gasteiger charge is 2.51. The number of hydrogen-bond donors (Lipinski definition) is 0. The van der Waals surface area contributed by atoms with E-state index < -0.39 is 24.3 Å². The zero-order chi connectivity index (χ0) is 15.8. The van der Waals surface area contributed by atoms with Gasteiger partial charge in [-0.1, -0.05) is 0 Å². The van der Waals surface area contributed by atoms with Crippen molar-refractivity contribution in [2.75, 3.05) is 7.11 Å². The first-order valence-corrected chi connectivity index (χ1v) is 7.58. The highest BCUT2D eigenvalue weighted by molar-refractivity contribution is 7.13. The topological polar surface area (TPSA) is 61.8 Å². The van der Waals surface area contributed by atoms with Crippen LogP contribution in [-0.2, 0) is 18.8 Å². The number of thiophene rings is 1. The molecule has 2 heterocycles. The Morgan fingerprint density at radius 2 is 1.81 bits per heavy atom. The summed E-state index contributed by atoms with van der Waals surface area (Å²) in [5.74, 6) is -0.791. The third-order valence-corrected chi connectivity index (χ3v) is 4.94. The van der Waals surface area contributed by atoms with Crippen LogP contribution in [-0.4, -0.2) is 37.2 Å². The number of esters is 1. The van der Waals surface area contributed by atoms with Crippen molar-refractivity contribution in [2.24, 2.45) is 0 Å². The third kappa shape index (κ3) is 3.20. The summed E-state index contributed by atoms with van der Waals surface area (Å²) >= 11 is 1.28. The average molecular weight is 310 g/mol. The van der Waals surface area contributed by atoms with Gasteiger partial charge in [0.05, 0.1) is 23.2 Å². The molecule has 0 amide bonds. The highest BCUT2D eigenvalue weighted by Crippen LogP contribution is 2.36. The molecule has 0 aromatic carbocycles. The van der Waals surface area contributed by atoms with Crippen molar-refractivity contribution >= 4 is 35.7 Å². The number of ether oxygens (including phenoxy) is 1. The lowest BCUT2D eigenvalue weighted by Crippen LogP contribution is -2.41. The van der Waals surface area contributed by atoms with Gasteiger partial charge in [-0.2, -0.15) is 0 Å². The zero-order valence-electron chi connectivity index (χ0n) is 12.9. The van der Waals surface area contributed by atoms with Gasteiger partial charge in [-0.3, -0.25) is 9.59 Å². The van der Waals surface area contributed by atoms with Gasteiger partial charge in [0.25, 0.3) is 0 Å². The van der Waals surface area contributed by atoms with Crippen molar-refractivity contribution in [1.82, 2.24) is 0 Å². The smallest absolute Gasteiger partial charge is 0.469 e. The van der Waals surface area contributed by atoms with Gasteiger partial charge in [0.1, 0.15) is 6.42 Å². The quantitative estimate of drug-likeness (QED) is 0.367. The van der Waals surface area contributed by atoms with Crippen LogP contribution >= 0.6 is 11.3 Å². The van der Waals surface area contributed by atoms with Gasteiger partial charge < -0.3 is 14.0 Å². The summed E-state index contributed by atoms with van der Waals surface area (Å²) in [6.07, 6.45) is -0.250. The maximum Gasteiger partial charge on any atom is 0.495 e. The molecular weight excluding hydrogens is 291 g/mol. The summed E-state index contributed by atoms with van der Waals surface area (Å²) < 4.78 is 16.4. The van der Waals surface area contributed by atoms with Crippen LogP contribution in [0.25, 0.3) is 0 Å². The van der Waals surface area contributed by atoms with Gasteiger partial charge in [-0.05, 0) is 44.6 Å². The largest absolute Gasteiger partial charge is 0.495 e. The maximum atomic E-state index is 11.9. The van der Waals surface area contributed by atoms with Crippen LogP contribution in [0.2, 0.25) is 0 Å². The predicted molar refractivity (Wildman–Crippen MR) is 81.0 cm³/mol. The minimum Gasteiger partial charge on any atom is -0.469 e. The Bertz CT molecular complexity index is 547. The normalized spacial score (nSPS) is 19.6. The van der Waals surface area contributed by atoms with Gasteiger partial charge in [0.15, 0.2) is 5.78 Å². The first-order valence-electron chi connectivity index (χ1n) is 6.70. The van der Waals surface area contributed by atoms with E-state index in [1.165, 1.54) is 18.4 Å². The molecule has 0 radical (unpaired) electrons. The molecule has 5 nitrogen and oxygen atoms in total. The Morgan fingerprint density at radius 1 is 1.24 bits per heavy atom. The number of hydrogen-bond acceptors (Lipinski definition) is 6. The van der Waals surface area contributed by atoms with Crippen molar-refractivity contribution in [2.45, 2.75) is 45.3 Å². The Kier molecular flexibility index (Phi) is 4.28. The van der Waals surface area contributed by atoms with E-state index in [4.69, 9.17) is 9.31 Å². The Hall–Kier alpha value is -1.18. The van der Waals surface area contributed by atoms with Gasteiger partial charge in [-0.25, -0.2) is 0 Å². The molecule has 7 heteroatoms. The SMILES string of the molecule is COC(=O)CC(=O)c1cc(B2OC(C)(C)C(C)(C)O2)cs1. The van der Waals surface area contributed by atoms with E-state index >= 15 is 0 Å². The number of rotatable bonds is 4. The van der Waals surface area contributed by atoms with Crippen molar-refractivity contribution in [3.63, 3.8) is 0 Å². The Balaban J connectivity index is 2.11. The summed E-state index contributed by atoms with van der Waals surface area (Å²) in [7, 11) is 0.769. The first-order chi connectivity index (χ1) is 9.66.